The zero-order valence-corrected chi connectivity index (χ0v) is 18.2. The molecule has 0 spiro atoms. The second kappa shape index (κ2) is 11.0. The summed E-state index contributed by atoms with van der Waals surface area (Å²) >= 11 is 0. The molecule has 0 aliphatic heterocycles. The van der Waals surface area contributed by atoms with Gasteiger partial charge in [0.1, 0.15) is 10.6 Å². The Hall–Kier alpha value is -2.63. The molecule has 0 saturated heterocycles. The van der Waals surface area contributed by atoms with Crippen molar-refractivity contribution in [3.63, 3.8) is 0 Å². The van der Waals surface area contributed by atoms with Crippen LogP contribution in [0.25, 0.3) is 0 Å². The lowest BCUT2D eigenvalue weighted by Gasteiger charge is -2.16. The number of hydrogen-bond acceptors (Lipinski definition) is 4. The first kappa shape index (κ1) is 22.1. The fourth-order valence-corrected chi connectivity index (χ4v) is 4.75. The number of rotatable bonds is 11. The van der Waals surface area contributed by atoms with Crippen LogP contribution in [-0.2, 0) is 16.4 Å². The Balaban J connectivity index is 1.46. The van der Waals surface area contributed by atoms with Crippen LogP contribution in [0.15, 0.2) is 94.7 Å². The molecule has 5 heteroatoms. The van der Waals surface area contributed by atoms with Crippen molar-refractivity contribution in [2.24, 2.45) is 0 Å². The largest absolute Gasteiger partial charge is 0.492 e. The quantitative estimate of drug-likeness (QED) is 0.398. The van der Waals surface area contributed by atoms with Crippen LogP contribution in [0.5, 0.6) is 5.75 Å². The maximum Gasteiger partial charge on any atom is 0.210 e. The summed E-state index contributed by atoms with van der Waals surface area (Å²) in [7, 11) is -1.46. The Morgan fingerprint density at radius 3 is 2.13 bits per heavy atom. The summed E-state index contributed by atoms with van der Waals surface area (Å²) in [5.74, 6) is 0.419. The average Bonchev–Trinajstić information content (AvgIpc) is 2.77. The smallest absolute Gasteiger partial charge is 0.210 e. The summed E-state index contributed by atoms with van der Waals surface area (Å²) < 4.78 is 31.7. The van der Waals surface area contributed by atoms with Gasteiger partial charge in [0, 0.05) is 6.54 Å². The molecule has 3 aromatic rings. The molecule has 4 nitrogen and oxygen atoms in total. The molecule has 0 aliphatic rings. The highest BCUT2D eigenvalue weighted by atomic mass is 32.2. The summed E-state index contributed by atoms with van der Waals surface area (Å²) in [5.41, 5.74) is 1.32. The molecule has 3 aromatic carbocycles. The van der Waals surface area contributed by atoms with Crippen molar-refractivity contribution < 1.29 is 13.2 Å². The highest BCUT2D eigenvalue weighted by molar-refractivity contribution is 7.91. The standard InChI is InChI=1S/C25H29NO3S/c1-26(21-22-13-5-2-6-14-22)19-11-4-12-20-29-24-17-9-10-18-25(24)30(27,28)23-15-7-3-8-16-23/h2-3,5-10,13-18H,4,11-12,19-21H2,1H3. The average molecular weight is 424 g/mol. The Labute approximate surface area is 180 Å². The van der Waals surface area contributed by atoms with Crippen molar-refractivity contribution in [2.45, 2.75) is 35.6 Å². The molecule has 0 N–H and O–H groups in total. The van der Waals surface area contributed by atoms with Crippen molar-refractivity contribution in [3.8, 4) is 5.75 Å². The van der Waals surface area contributed by atoms with Gasteiger partial charge in [-0.25, -0.2) is 8.42 Å². The van der Waals surface area contributed by atoms with Gasteiger partial charge in [0.25, 0.3) is 0 Å². The molecule has 0 amide bonds. The lowest BCUT2D eigenvalue weighted by Crippen LogP contribution is -2.19. The highest BCUT2D eigenvalue weighted by Crippen LogP contribution is 2.29. The lowest BCUT2D eigenvalue weighted by molar-refractivity contribution is 0.282. The van der Waals surface area contributed by atoms with E-state index in [1.807, 2.05) is 6.07 Å². The Bertz CT molecular complexity index is 1000. The van der Waals surface area contributed by atoms with E-state index in [9.17, 15) is 8.42 Å². The van der Waals surface area contributed by atoms with Crippen LogP contribution in [0.4, 0.5) is 0 Å². The maximum atomic E-state index is 12.9. The molecule has 0 atom stereocenters. The number of sulfone groups is 1. The lowest BCUT2D eigenvalue weighted by atomic mass is 10.2. The van der Waals surface area contributed by atoms with Crippen molar-refractivity contribution in [2.75, 3.05) is 20.2 Å². The molecule has 158 valence electrons. The molecule has 3 rings (SSSR count). The van der Waals surface area contributed by atoms with Gasteiger partial charge >= 0.3 is 0 Å². The number of unbranched alkanes of at least 4 members (excludes halogenated alkanes) is 2. The third-order valence-corrected chi connectivity index (χ3v) is 6.74. The zero-order chi connectivity index (χ0) is 21.2. The van der Waals surface area contributed by atoms with Crippen LogP contribution in [-0.4, -0.2) is 33.5 Å². The molecule has 0 unspecified atom stereocenters. The van der Waals surface area contributed by atoms with Crippen molar-refractivity contribution in [1.82, 2.24) is 4.90 Å². The second-order valence-corrected chi connectivity index (χ2v) is 9.31. The van der Waals surface area contributed by atoms with Crippen molar-refractivity contribution in [1.29, 1.82) is 0 Å². The molecule has 0 aromatic heterocycles. The van der Waals surface area contributed by atoms with E-state index < -0.39 is 9.84 Å². The van der Waals surface area contributed by atoms with E-state index in [2.05, 4.69) is 36.2 Å². The number of benzene rings is 3. The van der Waals surface area contributed by atoms with Crippen LogP contribution >= 0.6 is 0 Å². The Kier molecular flexibility index (Phi) is 8.05. The molecule has 0 bridgehead atoms. The van der Waals surface area contributed by atoms with E-state index in [1.54, 1.807) is 54.6 Å². The fraction of sp³-hybridized carbons (Fsp3) is 0.280. The summed E-state index contributed by atoms with van der Waals surface area (Å²) in [5, 5.41) is 0. The van der Waals surface area contributed by atoms with Gasteiger partial charge < -0.3 is 9.64 Å². The molecule has 30 heavy (non-hydrogen) atoms. The first-order valence-corrected chi connectivity index (χ1v) is 11.8. The summed E-state index contributed by atoms with van der Waals surface area (Å²) in [6, 6.07) is 25.8. The zero-order valence-electron chi connectivity index (χ0n) is 17.4. The van der Waals surface area contributed by atoms with Crippen LogP contribution in [0, 0.1) is 0 Å². The van der Waals surface area contributed by atoms with Crippen molar-refractivity contribution in [3.05, 3.63) is 90.5 Å². The number of para-hydroxylation sites is 1. The van der Waals surface area contributed by atoms with Gasteiger partial charge in [-0.1, -0.05) is 60.7 Å². The first-order chi connectivity index (χ1) is 14.6. The maximum absolute atomic E-state index is 12.9. The van der Waals surface area contributed by atoms with Gasteiger partial charge in [-0.05, 0) is 62.7 Å². The van der Waals surface area contributed by atoms with E-state index in [4.69, 9.17) is 4.74 Å². The van der Waals surface area contributed by atoms with E-state index >= 15 is 0 Å². The van der Waals surface area contributed by atoms with Gasteiger partial charge in [0.05, 0.1) is 11.5 Å². The Morgan fingerprint density at radius 1 is 0.767 bits per heavy atom. The van der Waals surface area contributed by atoms with Crippen LogP contribution in [0.3, 0.4) is 0 Å². The third kappa shape index (κ3) is 6.18. The predicted molar refractivity (Wildman–Crippen MR) is 120 cm³/mol. The van der Waals surface area contributed by atoms with Gasteiger partial charge in [-0.15, -0.1) is 0 Å². The van der Waals surface area contributed by atoms with Crippen LogP contribution in [0.2, 0.25) is 0 Å². The summed E-state index contributed by atoms with van der Waals surface area (Å²) in [4.78, 5) is 2.82. The van der Waals surface area contributed by atoms with Gasteiger partial charge in [0.15, 0.2) is 0 Å². The Morgan fingerprint density at radius 2 is 1.40 bits per heavy atom. The third-order valence-electron chi connectivity index (χ3n) is 4.93. The van der Waals surface area contributed by atoms with Crippen LogP contribution in [0.1, 0.15) is 24.8 Å². The van der Waals surface area contributed by atoms with Crippen molar-refractivity contribution >= 4 is 9.84 Å². The van der Waals surface area contributed by atoms with E-state index in [-0.39, 0.29) is 9.79 Å². The minimum absolute atomic E-state index is 0.221. The van der Waals surface area contributed by atoms with E-state index in [1.165, 1.54) is 5.56 Å². The van der Waals surface area contributed by atoms with Gasteiger partial charge in [-0.3, -0.25) is 0 Å². The molecular weight excluding hydrogens is 394 g/mol. The van der Waals surface area contributed by atoms with Crippen LogP contribution < -0.4 is 4.74 Å². The normalized spacial score (nSPS) is 11.5. The monoisotopic (exact) mass is 423 g/mol. The molecule has 0 fully saturated rings. The number of hydrogen-bond donors (Lipinski definition) is 0. The number of ether oxygens (including phenoxy) is 1. The van der Waals surface area contributed by atoms with Gasteiger partial charge in [0.2, 0.25) is 9.84 Å². The van der Waals surface area contributed by atoms with Gasteiger partial charge in [-0.2, -0.15) is 0 Å². The summed E-state index contributed by atoms with van der Waals surface area (Å²) in [6.07, 6.45) is 3.00. The summed E-state index contributed by atoms with van der Waals surface area (Å²) in [6.45, 7) is 2.47. The predicted octanol–water partition coefficient (Wildman–Crippen LogP) is 5.20. The second-order valence-electron chi connectivity index (χ2n) is 7.40. The van der Waals surface area contributed by atoms with E-state index in [0.717, 1.165) is 32.4 Å². The molecule has 0 heterocycles. The minimum atomic E-state index is -3.59. The SMILES string of the molecule is CN(CCCCCOc1ccccc1S(=O)(=O)c1ccccc1)Cc1ccccc1. The van der Waals surface area contributed by atoms with E-state index in [0.29, 0.717) is 12.4 Å². The molecule has 0 radical (unpaired) electrons. The molecule has 0 aliphatic carbocycles. The fourth-order valence-electron chi connectivity index (χ4n) is 3.33. The highest BCUT2D eigenvalue weighted by Gasteiger charge is 2.21. The topological polar surface area (TPSA) is 46.6 Å². The molecule has 0 saturated carbocycles. The minimum Gasteiger partial charge on any atom is -0.492 e. The first-order valence-electron chi connectivity index (χ1n) is 10.3. The molecular formula is C25H29NO3S. The number of nitrogens with zero attached hydrogens (tertiary/aromatic N) is 1.